The van der Waals surface area contributed by atoms with E-state index in [4.69, 9.17) is 23.8 Å². The highest BCUT2D eigenvalue weighted by Gasteiger charge is 2.25. The molecule has 5 nitrogen and oxygen atoms in total. The zero-order chi connectivity index (χ0) is 19.6. The molecule has 0 aliphatic rings. The van der Waals surface area contributed by atoms with Gasteiger partial charge in [-0.25, -0.2) is 0 Å². The third-order valence-corrected chi connectivity index (χ3v) is 5.91. The second-order valence-corrected chi connectivity index (χ2v) is 8.76. The van der Waals surface area contributed by atoms with Crippen LogP contribution in [0.2, 0.25) is 5.02 Å². The lowest BCUT2D eigenvalue weighted by molar-refractivity contribution is -0.124. The van der Waals surface area contributed by atoms with Crippen molar-refractivity contribution in [1.82, 2.24) is 20.1 Å². The van der Waals surface area contributed by atoms with Crippen LogP contribution in [0.1, 0.15) is 32.4 Å². The maximum atomic E-state index is 12.8. The molecule has 1 aromatic carbocycles. The Morgan fingerprint density at radius 3 is 2.85 bits per heavy atom. The van der Waals surface area contributed by atoms with Gasteiger partial charge < -0.3 is 5.32 Å². The molecular formula is C19H21ClN4OS2. The molecule has 1 atom stereocenters. The van der Waals surface area contributed by atoms with E-state index >= 15 is 0 Å². The van der Waals surface area contributed by atoms with Gasteiger partial charge >= 0.3 is 0 Å². The highest BCUT2D eigenvalue weighted by atomic mass is 35.5. The molecule has 0 bridgehead atoms. The standard InChI is InChI=1S/C19H21ClN4OS2/c1-12(24-16(22-23-18(24)26)15-8-5-9-27-15)17(25)21-11-19(2,3)13-6-4-7-14(20)10-13/h4-10,12H,11H2,1-3H3,(H,21,25)(H,23,26). The molecule has 27 heavy (non-hydrogen) atoms. The highest BCUT2D eigenvalue weighted by Crippen LogP contribution is 2.27. The van der Waals surface area contributed by atoms with Crippen molar-refractivity contribution in [3.05, 3.63) is 57.1 Å². The van der Waals surface area contributed by atoms with Gasteiger partial charge in [-0.05, 0) is 48.3 Å². The fraction of sp³-hybridized carbons (Fsp3) is 0.316. The molecule has 1 unspecified atom stereocenters. The summed E-state index contributed by atoms with van der Waals surface area (Å²) in [5.74, 6) is 0.562. The summed E-state index contributed by atoms with van der Waals surface area (Å²) in [6.07, 6.45) is 0. The predicted octanol–water partition coefficient (Wildman–Crippen LogP) is 4.98. The van der Waals surface area contributed by atoms with Crippen molar-refractivity contribution in [3.8, 4) is 10.7 Å². The number of carbonyl (C=O) groups is 1. The largest absolute Gasteiger partial charge is 0.353 e. The zero-order valence-corrected chi connectivity index (χ0v) is 17.7. The maximum absolute atomic E-state index is 12.8. The number of nitrogens with zero attached hydrogens (tertiary/aromatic N) is 2. The molecule has 0 aliphatic carbocycles. The number of aromatic amines is 1. The lowest BCUT2D eigenvalue weighted by Crippen LogP contribution is -2.39. The number of benzene rings is 1. The summed E-state index contributed by atoms with van der Waals surface area (Å²) in [7, 11) is 0. The van der Waals surface area contributed by atoms with Crippen LogP contribution in [0.25, 0.3) is 10.7 Å². The number of hydrogen-bond donors (Lipinski definition) is 2. The number of rotatable bonds is 6. The summed E-state index contributed by atoms with van der Waals surface area (Å²) < 4.78 is 2.18. The number of nitrogens with one attached hydrogen (secondary N) is 2. The summed E-state index contributed by atoms with van der Waals surface area (Å²) in [5.41, 5.74) is 0.816. The average Bonchev–Trinajstić information content (AvgIpc) is 3.28. The van der Waals surface area contributed by atoms with Crippen molar-refractivity contribution in [2.45, 2.75) is 32.2 Å². The van der Waals surface area contributed by atoms with Crippen LogP contribution >= 0.6 is 35.2 Å². The summed E-state index contributed by atoms with van der Waals surface area (Å²) in [6, 6.07) is 11.1. The van der Waals surface area contributed by atoms with Crippen molar-refractivity contribution < 1.29 is 4.79 Å². The lowest BCUT2D eigenvalue weighted by atomic mass is 9.84. The number of hydrogen-bond acceptors (Lipinski definition) is 4. The summed E-state index contributed by atoms with van der Waals surface area (Å²) in [6.45, 7) is 6.45. The van der Waals surface area contributed by atoms with Gasteiger partial charge in [0.1, 0.15) is 6.04 Å². The lowest BCUT2D eigenvalue weighted by Gasteiger charge is -2.27. The maximum Gasteiger partial charge on any atom is 0.242 e. The van der Waals surface area contributed by atoms with Gasteiger partial charge in [0.15, 0.2) is 10.6 Å². The van der Waals surface area contributed by atoms with Crippen LogP contribution < -0.4 is 5.32 Å². The van der Waals surface area contributed by atoms with Crippen LogP contribution in [0.5, 0.6) is 0 Å². The van der Waals surface area contributed by atoms with E-state index in [0.717, 1.165) is 10.4 Å². The van der Waals surface area contributed by atoms with E-state index in [1.165, 1.54) is 0 Å². The molecule has 2 heterocycles. The molecule has 3 rings (SSSR count). The monoisotopic (exact) mass is 420 g/mol. The minimum atomic E-state index is -0.483. The van der Waals surface area contributed by atoms with E-state index < -0.39 is 6.04 Å². The molecule has 2 N–H and O–H groups in total. The molecule has 0 radical (unpaired) electrons. The molecular weight excluding hydrogens is 400 g/mol. The molecule has 0 fully saturated rings. The molecule has 1 amide bonds. The smallest absolute Gasteiger partial charge is 0.242 e. The Morgan fingerprint density at radius 2 is 2.19 bits per heavy atom. The summed E-state index contributed by atoms with van der Waals surface area (Å²) in [4.78, 5) is 13.8. The first-order valence-corrected chi connectivity index (χ1v) is 10.2. The topological polar surface area (TPSA) is 62.7 Å². The summed E-state index contributed by atoms with van der Waals surface area (Å²) >= 11 is 13.0. The van der Waals surface area contributed by atoms with Gasteiger partial charge in [0.05, 0.1) is 4.88 Å². The predicted molar refractivity (Wildman–Crippen MR) is 113 cm³/mol. The first-order chi connectivity index (χ1) is 12.8. The average molecular weight is 421 g/mol. The van der Waals surface area contributed by atoms with Gasteiger partial charge in [-0.1, -0.05) is 43.6 Å². The van der Waals surface area contributed by atoms with Gasteiger partial charge in [0.25, 0.3) is 0 Å². The summed E-state index contributed by atoms with van der Waals surface area (Å²) in [5, 5.41) is 12.8. The van der Waals surface area contributed by atoms with E-state index in [1.54, 1.807) is 15.9 Å². The Kier molecular flexibility index (Phi) is 5.83. The third kappa shape index (κ3) is 4.31. The first-order valence-electron chi connectivity index (χ1n) is 8.54. The molecule has 0 saturated heterocycles. The minimum absolute atomic E-state index is 0.111. The van der Waals surface area contributed by atoms with Crippen LogP contribution in [0.4, 0.5) is 0 Å². The van der Waals surface area contributed by atoms with E-state index in [9.17, 15) is 4.79 Å². The molecule has 3 aromatic rings. The second kappa shape index (κ2) is 7.96. The quantitative estimate of drug-likeness (QED) is 0.553. The zero-order valence-electron chi connectivity index (χ0n) is 15.3. The number of H-pyrrole nitrogens is 1. The normalized spacial score (nSPS) is 12.7. The van der Waals surface area contributed by atoms with Crippen molar-refractivity contribution in [2.75, 3.05) is 6.54 Å². The van der Waals surface area contributed by atoms with Crippen molar-refractivity contribution in [2.24, 2.45) is 0 Å². The number of halogens is 1. The van der Waals surface area contributed by atoms with Crippen molar-refractivity contribution in [3.63, 3.8) is 0 Å². The Bertz CT molecular complexity index is 991. The van der Waals surface area contributed by atoms with Crippen LogP contribution in [0.15, 0.2) is 41.8 Å². The molecule has 2 aromatic heterocycles. The number of amides is 1. The minimum Gasteiger partial charge on any atom is -0.353 e. The second-order valence-electron chi connectivity index (χ2n) is 6.99. The molecule has 8 heteroatoms. The van der Waals surface area contributed by atoms with Crippen molar-refractivity contribution in [1.29, 1.82) is 0 Å². The van der Waals surface area contributed by atoms with Crippen LogP contribution in [-0.2, 0) is 10.2 Å². The molecule has 0 spiro atoms. The molecule has 0 saturated carbocycles. The Morgan fingerprint density at radius 1 is 1.41 bits per heavy atom. The van der Waals surface area contributed by atoms with Crippen LogP contribution in [0, 0.1) is 4.77 Å². The van der Waals surface area contributed by atoms with E-state index in [2.05, 4.69) is 29.4 Å². The number of thiophene rings is 1. The van der Waals surface area contributed by atoms with Crippen LogP contribution in [-0.4, -0.2) is 27.2 Å². The molecule has 142 valence electrons. The van der Waals surface area contributed by atoms with Gasteiger partial charge in [-0.2, -0.15) is 5.10 Å². The van der Waals surface area contributed by atoms with E-state index in [0.29, 0.717) is 22.2 Å². The van der Waals surface area contributed by atoms with E-state index in [-0.39, 0.29) is 11.3 Å². The molecule has 0 aliphatic heterocycles. The fourth-order valence-electron chi connectivity index (χ4n) is 2.83. The Balaban J connectivity index is 1.76. The fourth-order valence-corrected chi connectivity index (χ4v) is 4.02. The van der Waals surface area contributed by atoms with Crippen molar-refractivity contribution >= 4 is 41.1 Å². The van der Waals surface area contributed by atoms with Gasteiger partial charge in [0, 0.05) is 17.0 Å². The van der Waals surface area contributed by atoms with Gasteiger partial charge in [0.2, 0.25) is 5.91 Å². The van der Waals surface area contributed by atoms with E-state index in [1.807, 2.05) is 48.7 Å². The highest BCUT2D eigenvalue weighted by molar-refractivity contribution is 7.71. The SMILES string of the molecule is CC(C(=O)NCC(C)(C)c1cccc(Cl)c1)n1c(-c2cccs2)n[nH]c1=S. The number of aromatic nitrogens is 3. The van der Waals surface area contributed by atoms with Gasteiger partial charge in [-0.15, -0.1) is 11.3 Å². The Hall–Kier alpha value is -1.96. The van der Waals surface area contributed by atoms with Crippen LogP contribution in [0.3, 0.4) is 0 Å². The third-order valence-electron chi connectivity index (χ3n) is 4.52. The first kappa shape index (κ1) is 19.8. The van der Waals surface area contributed by atoms with Gasteiger partial charge in [-0.3, -0.25) is 14.5 Å². The number of carbonyl (C=O) groups excluding carboxylic acids is 1. The Labute approximate surface area is 172 Å².